The third-order valence-corrected chi connectivity index (χ3v) is 3.66. The smallest absolute Gasteiger partial charge is 0.119 e. The summed E-state index contributed by atoms with van der Waals surface area (Å²) < 4.78 is 5.42. The Labute approximate surface area is 113 Å². The van der Waals surface area contributed by atoms with Gasteiger partial charge in [-0.3, -0.25) is 0 Å². The maximum Gasteiger partial charge on any atom is 0.119 e. The van der Waals surface area contributed by atoms with Gasteiger partial charge in [0.1, 0.15) is 5.75 Å². The molecule has 1 heterocycles. The molecule has 0 aliphatic heterocycles. The molecule has 1 aromatic heterocycles. The number of rotatable bonds is 6. The van der Waals surface area contributed by atoms with Crippen molar-refractivity contribution in [3.63, 3.8) is 0 Å². The van der Waals surface area contributed by atoms with Crippen LogP contribution < -0.4 is 10.1 Å². The van der Waals surface area contributed by atoms with Crippen molar-refractivity contribution in [1.29, 1.82) is 0 Å². The molecule has 0 atom stereocenters. The van der Waals surface area contributed by atoms with Crippen LogP contribution in [0.1, 0.15) is 22.2 Å². The summed E-state index contributed by atoms with van der Waals surface area (Å²) in [5.41, 5.74) is 1.28. The lowest BCUT2D eigenvalue weighted by molar-refractivity contribution is 0.340. The van der Waals surface area contributed by atoms with Crippen LogP contribution in [0.15, 0.2) is 36.4 Å². The molecule has 2 nitrogen and oxygen atoms in total. The fourth-order valence-electron chi connectivity index (χ4n) is 1.78. The summed E-state index contributed by atoms with van der Waals surface area (Å²) in [6, 6.07) is 12.6. The van der Waals surface area contributed by atoms with Crippen molar-refractivity contribution in [2.45, 2.75) is 26.9 Å². The van der Waals surface area contributed by atoms with E-state index in [2.05, 4.69) is 36.5 Å². The van der Waals surface area contributed by atoms with Crippen LogP contribution in [0.25, 0.3) is 0 Å². The number of thiophene rings is 1. The van der Waals surface area contributed by atoms with Crippen LogP contribution in [0, 0.1) is 6.92 Å². The monoisotopic (exact) mass is 261 g/mol. The van der Waals surface area contributed by atoms with E-state index in [-0.39, 0.29) is 0 Å². The van der Waals surface area contributed by atoms with Gasteiger partial charge in [0.15, 0.2) is 0 Å². The molecule has 0 unspecified atom stereocenters. The SMILES string of the molecule is CCOc1ccc(CNCc2ccc(C)s2)cc1. The predicted molar refractivity (Wildman–Crippen MR) is 77.2 cm³/mol. The number of hydrogen-bond donors (Lipinski definition) is 1. The molecule has 0 saturated heterocycles. The Hall–Kier alpha value is -1.32. The van der Waals surface area contributed by atoms with E-state index in [9.17, 15) is 0 Å². The van der Waals surface area contributed by atoms with Crippen LogP contribution in [0.4, 0.5) is 0 Å². The first kappa shape index (κ1) is 13.1. The Bertz CT molecular complexity index is 475. The van der Waals surface area contributed by atoms with Gasteiger partial charge in [-0.2, -0.15) is 0 Å². The zero-order chi connectivity index (χ0) is 12.8. The number of nitrogens with one attached hydrogen (secondary N) is 1. The summed E-state index contributed by atoms with van der Waals surface area (Å²) in [4.78, 5) is 2.76. The molecule has 0 bridgehead atoms. The van der Waals surface area contributed by atoms with Crippen molar-refractivity contribution < 1.29 is 4.74 Å². The van der Waals surface area contributed by atoms with Crippen LogP contribution in [0.2, 0.25) is 0 Å². The molecule has 0 aliphatic carbocycles. The molecule has 0 saturated carbocycles. The first-order valence-electron chi connectivity index (χ1n) is 6.25. The minimum absolute atomic E-state index is 0.718. The summed E-state index contributed by atoms with van der Waals surface area (Å²) in [6.45, 7) is 6.68. The number of aryl methyl sites for hydroxylation is 1. The van der Waals surface area contributed by atoms with Gasteiger partial charge in [-0.05, 0) is 43.7 Å². The van der Waals surface area contributed by atoms with Crippen molar-refractivity contribution >= 4 is 11.3 Å². The van der Waals surface area contributed by atoms with Crippen molar-refractivity contribution in [1.82, 2.24) is 5.32 Å². The molecule has 0 aliphatic rings. The van der Waals surface area contributed by atoms with Crippen LogP contribution in [-0.4, -0.2) is 6.61 Å². The average molecular weight is 261 g/mol. The lowest BCUT2D eigenvalue weighted by Gasteiger charge is -2.06. The molecule has 18 heavy (non-hydrogen) atoms. The Morgan fingerprint density at radius 3 is 2.44 bits per heavy atom. The van der Waals surface area contributed by atoms with Crippen LogP contribution in [-0.2, 0) is 13.1 Å². The van der Waals surface area contributed by atoms with E-state index in [0.29, 0.717) is 0 Å². The first-order chi connectivity index (χ1) is 8.78. The van der Waals surface area contributed by atoms with Gasteiger partial charge in [-0.15, -0.1) is 11.3 Å². The molecule has 0 radical (unpaired) electrons. The molecule has 2 aromatic rings. The topological polar surface area (TPSA) is 21.3 Å². The van der Waals surface area contributed by atoms with E-state index >= 15 is 0 Å². The summed E-state index contributed by atoms with van der Waals surface area (Å²) >= 11 is 1.85. The summed E-state index contributed by atoms with van der Waals surface area (Å²) in [6.07, 6.45) is 0. The summed E-state index contributed by atoms with van der Waals surface area (Å²) in [7, 11) is 0. The Morgan fingerprint density at radius 2 is 1.83 bits per heavy atom. The lowest BCUT2D eigenvalue weighted by Crippen LogP contribution is -2.11. The van der Waals surface area contributed by atoms with Gasteiger partial charge >= 0.3 is 0 Å². The van der Waals surface area contributed by atoms with Gasteiger partial charge < -0.3 is 10.1 Å². The summed E-state index contributed by atoms with van der Waals surface area (Å²) in [5, 5.41) is 3.45. The Kier molecular flexibility index (Phi) is 4.79. The normalized spacial score (nSPS) is 10.6. The maximum absolute atomic E-state index is 5.42. The number of benzene rings is 1. The standard InChI is InChI=1S/C15H19NOS/c1-3-17-14-7-5-13(6-8-14)10-16-11-15-9-4-12(2)18-15/h4-9,16H,3,10-11H2,1-2H3. The highest BCUT2D eigenvalue weighted by molar-refractivity contribution is 7.11. The third kappa shape index (κ3) is 3.86. The molecule has 0 fully saturated rings. The van der Waals surface area contributed by atoms with E-state index in [1.165, 1.54) is 15.3 Å². The van der Waals surface area contributed by atoms with Crippen molar-refractivity contribution in [2.75, 3.05) is 6.61 Å². The van der Waals surface area contributed by atoms with Gasteiger partial charge in [0, 0.05) is 22.8 Å². The minimum Gasteiger partial charge on any atom is -0.494 e. The Morgan fingerprint density at radius 1 is 1.06 bits per heavy atom. The maximum atomic E-state index is 5.42. The second-order valence-electron chi connectivity index (χ2n) is 4.19. The Balaban J connectivity index is 1.79. The highest BCUT2D eigenvalue weighted by Gasteiger charge is 1.98. The van der Waals surface area contributed by atoms with E-state index in [4.69, 9.17) is 4.74 Å². The van der Waals surface area contributed by atoms with E-state index < -0.39 is 0 Å². The average Bonchev–Trinajstić information content (AvgIpc) is 2.78. The van der Waals surface area contributed by atoms with Gasteiger partial charge in [-0.25, -0.2) is 0 Å². The van der Waals surface area contributed by atoms with E-state index in [0.717, 1.165) is 25.4 Å². The van der Waals surface area contributed by atoms with E-state index in [1.54, 1.807) is 0 Å². The van der Waals surface area contributed by atoms with Crippen molar-refractivity contribution in [2.24, 2.45) is 0 Å². The predicted octanol–water partition coefficient (Wildman–Crippen LogP) is 3.75. The van der Waals surface area contributed by atoms with Crippen molar-refractivity contribution in [3.8, 4) is 5.75 Å². The van der Waals surface area contributed by atoms with Gasteiger partial charge in [0.25, 0.3) is 0 Å². The highest BCUT2D eigenvalue weighted by Crippen LogP contribution is 2.15. The fraction of sp³-hybridized carbons (Fsp3) is 0.333. The number of hydrogen-bond acceptors (Lipinski definition) is 3. The number of ether oxygens (including phenoxy) is 1. The quantitative estimate of drug-likeness (QED) is 0.855. The summed E-state index contributed by atoms with van der Waals surface area (Å²) in [5.74, 6) is 0.940. The minimum atomic E-state index is 0.718. The van der Waals surface area contributed by atoms with Gasteiger partial charge in [0.2, 0.25) is 0 Å². The molecule has 0 spiro atoms. The molecule has 96 valence electrons. The molecular weight excluding hydrogens is 242 g/mol. The van der Waals surface area contributed by atoms with Crippen LogP contribution in [0.3, 0.4) is 0 Å². The molecule has 2 rings (SSSR count). The van der Waals surface area contributed by atoms with Gasteiger partial charge in [-0.1, -0.05) is 12.1 Å². The molecule has 1 aromatic carbocycles. The second kappa shape index (κ2) is 6.57. The van der Waals surface area contributed by atoms with E-state index in [1.807, 2.05) is 30.4 Å². The largest absolute Gasteiger partial charge is 0.494 e. The highest BCUT2D eigenvalue weighted by atomic mass is 32.1. The lowest BCUT2D eigenvalue weighted by atomic mass is 10.2. The first-order valence-corrected chi connectivity index (χ1v) is 7.07. The fourth-order valence-corrected chi connectivity index (χ4v) is 2.64. The van der Waals surface area contributed by atoms with Gasteiger partial charge in [0.05, 0.1) is 6.61 Å². The second-order valence-corrected chi connectivity index (χ2v) is 5.57. The molecular formula is C15H19NOS. The van der Waals surface area contributed by atoms with Crippen LogP contribution in [0.5, 0.6) is 5.75 Å². The van der Waals surface area contributed by atoms with Crippen LogP contribution >= 0.6 is 11.3 Å². The third-order valence-electron chi connectivity index (χ3n) is 2.66. The molecule has 0 amide bonds. The van der Waals surface area contributed by atoms with Crippen molar-refractivity contribution in [3.05, 3.63) is 51.7 Å². The zero-order valence-corrected chi connectivity index (χ0v) is 11.7. The molecule has 3 heteroatoms. The molecule has 1 N–H and O–H groups in total. The zero-order valence-electron chi connectivity index (χ0n) is 10.9.